The van der Waals surface area contributed by atoms with Crippen LogP contribution in [-0.4, -0.2) is 23.7 Å². The van der Waals surface area contributed by atoms with E-state index in [9.17, 15) is 14.0 Å². The molecule has 2 rings (SSSR count). The summed E-state index contributed by atoms with van der Waals surface area (Å²) in [5.74, 6) is -1.72. The highest BCUT2D eigenvalue weighted by Gasteiger charge is 2.18. The first kappa shape index (κ1) is 10.4. The summed E-state index contributed by atoms with van der Waals surface area (Å²) in [6.07, 6.45) is 1.40. The minimum atomic E-state index is -0.690. The third-order valence-corrected chi connectivity index (χ3v) is 2.32. The fourth-order valence-electron chi connectivity index (χ4n) is 1.52. The van der Waals surface area contributed by atoms with Gasteiger partial charge in [-0.05, 0) is 18.2 Å². The van der Waals surface area contributed by atoms with Gasteiger partial charge in [0.25, 0.3) is 11.7 Å². The summed E-state index contributed by atoms with van der Waals surface area (Å²) in [6.45, 7) is 0. The standard InChI is InChI=1S/C11H9FN2O2/c1-13-11(16)10(15)8-5-14-9-4-6(12)2-3-7(8)9/h2-5,14H,1H3,(H,13,16). The molecule has 0 spiro atoms. The second-order valence-corrected chi connectivity index (χ2v) is 3.30. The van der Waals surface area contributed by atoms with Crippen LogP contribution in [0.4, 0.5) is 4.39 Å². The minimum absolute atomic E-state index is 0.245. The molecule has 0 unspecified atom stereocenters. The van der Waals surface area contributed by atoms with Gasteiger partial charge in [0.05, 0.1) is 5.56 Å². The lowest BCUT2D eigenvalue weighted by molar-refractivity contribution is -0.116. The van der Waals surface area contributed by atoms with Crippen molar-refractivity contribution in [3.8, 4) is 0 Å². The Hall–Kier alpha value is -2.17. The lowest BCUT2D eigenvalue weighted by atomic mass is 10.1. The van der Waals surface area contributed by atoms with Crippen LogP contribution in [0.15, 0.2) is 24.4 Å². The fraction of sp³-hybridized carbons (Fsp3) is 0.0909. The summed E-state index contributed by atoms with van der Waals surface area (Å²) in [5.41, 5.74) is 0.738. The van der Waals surface area contributed by atoms with E-state index in [0.717, 1.165) is 0 Å². The predicted octanol–water partition coefficient (Wildman–Crippen LogP) is 1.24. The Labute approximate surface area is 90.5 Å². The molecule has 1 aromatic heterocycles. The number of hydrogen-bond donors (Lipinski definition) is 2. The Morgan fingerprint density at radius 1 is 1.38 bits per heavy atom. The van der Waals surface area contributed by atoms with Crippen molar-refractivity contribution in [2.45, 2.75) is 0 Å². The van der Waals surface area contributed by atoms with Gasteiger partial charge in [-0.25, -0.2) is 4.39 Å². The van der Waals surface area contributed by atoms with Crippen LogP contribution in [0.5, 0.6) is 0 Å². The molecule has 1 aromatic carbocycles. The lowest BCUT2D eigenvalue weighted by Crippen LogP contribution is -2.27. The molecule has 2 aromatic rings. The first-order chi connectivity index (χ1) is 7.63. The summed E-state index contributed by atoms with van der Waals surface area (Å²) in [6, 6.07) is 3.99. The first-order valence-electron chi connectivity index (χ1n) is 4.66. The van der Waals surface area contributed by atoms with E-state index < -0.39 is 17.5 Å². The van der Waals surface area contributed by atoms with E-state index in [1.165, 1.54) is 31.4 Å². The summed E-state index contributed by atoms with van der Waals surface area (Å²) in [7, 11) is 1.38. The van der Waals surface area contributed by atoms with Crippen LogP contribution in [0.25, 0.3) is 10.9 Å². The number of carbonyl (C=O) groups is 2. The highest BCUT2D eigenvalue weighted by atomic mass is 19.1. The third-order valence-electron chi connectivity index (χ3n) is 2.32. The maximum Gasteiger partial charge on any atom is 0.292 e. The molecule has 82 valence electrons. The van der Waals surface area contributed by atoms with E-state index in [2.05, 4.69) is 10.3 Å². The van der Waals surface area contributed by atoms with Gasteiger partial charge in [-0.1, -0.05) is 0 Å². The molecular weight excluding hydrogens is 211 g/mol. The molecule has 0 saturated heterocycles. The van der Waals surface area contributed by atoms with E-state index in [-0.39, 0.29) is 5.56 Å². The molecule has 0 aliphatic rings. The monoisotopic (exact) mass is 220 g/mol. The van der Waals surface area contributed by atoms with Gasteiger partial charge in [-0.2, -0.15) is 0 Å². The van der Waals surface area contributed by atoms with Crippen molar-refractivity contribution in [2.75, 3.05) is 7.05 Å². The van der Waals surface area contributed by atoms with E-state index in [1.807, 2.05) is 0 Å². The van der Waals surface area contributed by atoms with Crippen LogP contribution >= 0.6 is 0 Å². The molecule has 0 radical (unpaired) electrons. The molecule has 1 heterocycles. The van der Waals surface area contributed by atoms with Crippen molar-refractivity contribution in [2.24, 2.45) is 0 Å². The number of amides is 1. The van der Waals surface area contributed by atoms with Crippen molar-refractivity contribution in [1.29, 1.82) is 0 Å². The van der Waals surface area contributed by atoms with Gasteiger partial charge in [0.2, 0.25) is 0 Å². The molecule has 16 heavy (non-hydrogen) atoms. The number of fused-ring (bicyclic) bond motifs is 1. The van der Waals surface area contributed by atoms with Gasteiger partial charge in [0.15, 0.2) is 0 Å². The molecule has 0 aliphatic heterocycles. The Morgan fingerprint density at radius 2 is 2.12 bits per heavy atom. The highest BCUT2D eigenvalue weighted by molar-refractivity contribution is 6.44. The van der Waals surface area contributed by atoms with Crippen LogP contribution in [0.2, 0.25) is 0 Å². The molecule has 0 saturated carbocycles. The Morgan fingerprint density at radius 3 is 2.81 bits per heavy atom. The van der Waals surface area contributed by atoms with Crippen LogP contribution in [0, 0.1) is 5.82 Å². The largest absolute Gasteiger partial charge is 0.360 e. The van der Waals surface area contributed by atoms with Crippen molar-refractivity contribution in [3.63, 3.8) is 0 Å². The van der Waals surface area contributed by atoms with Gasteiger partial charge in [-0.15, -0.1) is 0 Å². The summed E-state index contributed by atoms with van der Waals surface area (Å²) in [5, 5.41) is 2.79. The van der Waals surface area contributed by atoms with Crippen molar-refractivity contribution < 1.29 is 14.0 Å². The molecule has 0 atom stereocenters. The number of rotatable bonds is 2. The maximum absolute atomic E-state index is 12.9. The van der Waals surface area contributed by atoms with Crippen molar-refractivity contribution >= 4 is 22.6 Å². The number of likely N-dealkylation sites (N-methyl/N-ethyl adjacent to an activating group) is 1. The molecule has 1 amide bonds. The number of halogens is 1. The molecular formula is C11H9FN2O2. The Balaban J connectivity index is 2.54. The topological polar surface area (TPSA) is 62.0 Å². The molecule has 0 aliphatic carbocycles. The molecule has 2 N–H and O–H groups in total. The highest BCUT2D eigenvalue weighted by Crippen LogP contribution is 2.19. The van der Waals surface area contributed by atoms with Gasteiger partial charge >= 0.3 is 0 Å². The second kappa shape index (κ2) is 3.77. The number of nitrogens with one attached hydrogen (secondary N) is 2. The zero-order chi connectivity index (χ0) is 11.7. The van der Waals surface area contributed by atoms with E-state index >= 15 is 0 Å². The van der Waals surface area contributed by atoms with Crippen LogP contribution in [-0.2, 0) is 4.79 Å². The smallest absolute Gasteiger partial charge is 0.292 e. The van der Waals surface area contributed by atoms with Gasteiger partial charge in [0.1, 0.15) is 5.82 Å². The van der Waals surface area contributed by atoms with Crippen molar-refractivity contribution in [1.82, 2.24) is 10.3 Å². The first-order valence-corrected chi connectivity index (χ1v) is 4.66. The average molecular weight is 220 g/mol. The summed E-state index contributed by atoms with van der Waals surface area (Å²) in [4.78, 5) is 25.5. The number of H-pyrrole nitrogens is 1. The van der Waals surface area contributed by atoms with Gasteiger partial charge in [0, 0.05) is 24.1 Å². The third kappa shape index (κ3) is 1.56. The SMILES string of the molecule is CNC(=O)C(=O)c1c[nH]c2cc(F)ccc12. The Kier molecular flexibility index (Phi) is 2.44. The quantitative estimate of drug-likeness (QED) is 0.590. The van der Waals surface area contributed by atoms with Crippen LogP contribution < -0.4 is 5.32 Å². The maximum atomic E-state index is 12.9. The van der Waals surface area contributed by atoms with E-state index in [1.54, 1.807) is 0 Å². The number of benzene rings is 1. The number of aromatic nitrogens is 1. The van der Waals surface area contributed by atoms with E-state index in [4.69, 9.17) is 0 Å². The van der Waals surface area contributed by atoms with Crippen LogP contribution in [0.1, 0.15) is 10.4 Å². The zero-order valence-electron chi connectivity index (χ0n) is 8.50. The zero-order valence-corrected chi connectivity index (χ0v) is 8.50. The summed E-state index contributed by atoms with van der Waals surface area (Å²) >= 11 is 0. The number of ketones is 1. The minimum Gasteiger partial charge on any atom is -0.360 e. The van der Waals surface area contributed by atoms with Crippen molar-refractivity contribution in [3.05, 3.63) is 35.8 Å². The normalized spacial score (nSPS) is 10.4. The number of aromatic amines is 1. The van der Waals surface area contributed by atoms with Gasteiger partial charge in [-0.3, -0.25) is 9.59 Å². The van der Waals surface area contributed by atoms with Gasteiger partial charge < -0.3 is 10.3 Å². The number of carbonyl (C=O) groups excluding carboxylic acids is 2. The Bertz CT molecular complexity index is 574. The second-order valence-electron chi connectivity index (χ2n) is 3.30. The number of Topliss-reactive ketones (excluding diaryl/α,β-unsaturated/α-hetero) is 1. The predicted molar refractivity (Wildman–Crippen MR) is 56.7 cm³/mol. The average Bonchev–Trinajstić information content (AvgIpc) is 2.69. The molecule has 0 bridgehead atoms. The lowest BCUT2D eigenvalue weighted by Gasteiger charge is -1.97. The summed E-state index contributed by atoms with van der Waals surface area (Å²) < 4.78 is 12.9. The van der Waals surface area contributed by atoms with E-state index in [0.29, 0.717) is 10.9 Å². The molecule has 5 heteroatoms. The molecule has 4 nitrogen and oxygen atoms in total. The van der Waals surface area contributed by atoms with Crippen LogP contribution in [0.3, 0.4) is 0 Å². The fourth-order valence-corrected chi connectivity index (χ4v) is 1.52. The number of hydrogen-bond acceptors (Lipinski definition) is 2. The molecule has 0 fully saturated rings.